The molecule has 1 aliphatic rings. The molecule has 0 saturated carbocycles. The summed E-state index contributed by atoms with van der Waals surface area (Å²) in [4.78, 5) is 19.5. The summed E-state index contributed by atoms with van der Waals surface area (Å²) in [6.45, 7) is 8.54. The van der Waals surface area contributed by atoms with Crippen LogP contribution in [0.15, 0.2) is 39.4 Å². The maximum absolute atomic E-state index is 13.2. The lowest BCUT2D eigenvalue weighted by Gasteiger charge is -2.26. The van der Waals surface area contributed by atoms with Gasteiger partial charge in [-0.05, 0) is 0 Å². The van der Waals surface area contributed by atoms with E-state index >= 15 is 0 Å². The molecule has 0 bridgehead atoms. The Kier molecular flexibility index (Phi) is 5.54. The van der Waals surface area contributed by atoms with E-state index in [4.69, 9.17) is 13.8 Å². The van der Waals surface area contributed by atoms with Crippen molar-refractivity contribution in [1.29, 1.82) is 0 Å². The second-order valence-electron chi connectivity index (χ2n) is 8.12. The quantitative estimate of drug-likeness (QED) is 0.683. The molecular formula is C21H25N5O4. The van der Waals surface area contributed by atoms with Crippen molar-refractivity contribution in [2.45, 2.75) is 32.7 Å². The van der Waals surface area contributed by atoms with Crippen molar-refractivity contribution in [3.63, 3.8) is 0 Å². The number of benzene rings is 1. The van der Waals surface area contributed by atoms with Crippen LogP contribution in [0, 0.1) is 0 Å². The molecule has 3 heterocycles. The molecular weight excluding hydrogens is 386 g/mol. The molecule has 0 aliphatic carbocycles. The number of nitrogens with one attached hydrogen (secondary N) is 1. The Labute approximate surface area is 174 Å². The molecule has 1 aromatic carbocycles. The van der Waals surface area contributed by atoms with Crippen LogP contribution in [-0.2, 0) is 16.7 Å². The molecule has 1 saturated heterocycles. The van der Waals surface area contributed by atoms with Gasteiger partial charge in [-0.1, -0.05) is 61.4 Å². The van der Waals surface area contributed by atoms with E-state index in [-0.39, 0.29) is 17.9 Å². The van der Waals surface area contributed by atoms with Gasteiger partial charge in [-0.2, -0.15) is 4.98 Å². The van der Waals surface area contributed by atoms with E-state index in [1.165, 1.54) is 0 Å². The Morgan fingerprint density at radius 1 is 1.10 bits per heavy atom. The molecule has 1 aliphatic heterocycles. The molecule has 1 N–H and O–H groups in total. The van der Waals surface area contributed by atoms with Gasteiger partial charge in [0.1, 0.15) is 5.56 Å². The van der Waals surface area contributed by atoms with Crippen LogP contribution in [0.1, 0.15) is 42.8 Å². The summed E-state index contributed by atoms with van der Waals surface area (Å²) in [6.07, 6.45) is 0. The largest absolute Gasteiger partial charge is 0.378 e. The first kappa shape index (κ1) is 20.1. The number of ether oxygens (including phenoxy) is 1. The van der Waals surface area contributed by atoms with Crippen molar-refractivity contribution >= 4 is 11.7 Å². The lowest BCUT2D eigenvalue weighted by Crippen LogP contribution is -2.38. The number of rotatable bonds is 5. The van der Waals surface area contributed by atoms with Crippen molar-refractivity contribution in [2.24, 2.45) is 0 Å². The van der Waals surface area contributed by atoms with Crippen molar-refractivity contribution in [2.75, 3.05) is 31.2 Å². The second kappa shape index (κ2) is 8.27. The van der Waals surface area contributed by atoms with Crippen LogP contribution in [-0.4, -0.2) is 47.5 Å². The van der Waals surface area contributed by atoms with Gasteiger partial charge in [-0.3, -0.25) is 4.79 Å². The van der Waals surface area contributed by atoms with Gasteiger partial charge in [-0.25, -0.2) is 0 Å². The second-order valence-corrected chi connectivity index (χ2v) is 8.12. The fourth-order valence-corrected chi connectivity index (χ4v) is 3.14. The summed E-state index contributed by atoms with van der Waals surface area (Å²) in [6, 6.07) is 9.45. The predicted octanol–water partition coefficient (Wildman–Crippen LogP) is 2.79. The summed E-state index contributed by atoms with van der Waals surface area (Å²) >= 11 is 0. The van der Waals surface area contributed by atoms with Crippen LogP contribution in [0.25, 0.3) is 11.3 Å². The molecule has 9 nitrogen and oxygen atoms in total. The van der Waals surface area contributed by atoms with Gasteiger partial charge in [0, 0.05) is 24.1 Å². The average molecular weight is 411 g/mol. The highest BCUT2D eigenvalue weighted by Gasteiger charge is 2.29. The minimum atomic E-state index is -0.313. The number of hydrogen-bond acceptors (Lipinski definition) is 8. The summed E-state index contributed by atoms with van der Waals surface area (Å²) in [5, 5.41) is 11.1. The van der Waals surface area contributed by atoms with E-state index in [0.717, 1.165) is 5.56 Å². The van der Waals surface area contributed by atoms with E-state index < -0.39 is 0 Å². The molecule has 158 valence electrons. The Bertz CT molecular complexity index is 1000. The lowest BCUT2D eigenvalue weighted by atomic mass is 9.96. The zero-order valence-electron chi connectivity index (χ0n) is 17.3. The van der Waals surface area contributed by atoms with E-state index in [9.17, 15) is 4.79 Å². The molecule has 1 amide bonds. The molecule has 30 heavy (non-hydrogen) atoms. The molecule has 1 fully saturated rings. The molecule has 0 radical (unpaired) electrons. The maximum atomic E-state index is 13.2. The zero-order valence-corrected chi connectivity index (χ0v) is 17.3. The normalized spacial score (nSPS) is 14.7. The predicted molar refractivity (Wildman–Crippen MR) is 109 cm³/mol. The number of hydrogen-bond donors (Lipinski definition) is 1. The highest BCUT2D eigenvalue weighted by molar-refractivity contribution is 6.04. The first-order valence-electron chi connectivity index (χ1n) is 9.92. The van der Waals surface area contributed by atoms with Gasteiger partial charge in [0.25, 0.3) is 5.91 Å². The van der Waals surface area contributed by atoms with Gasteiger partial charge in [-0.15, -0.1) is 0 Å². The SMILES string of the molecule is CC(C)(C)c1noc(CNC(=O)c2c(N3CCOCC3)noc2-c2ccccc2)n1. The van der Waals surface area contributed by atoms with Crippen molar-refractivity contribution in [3.05, 3.63) is 47.6 Å². The van der Waals surface area contributed by atoms with Gasteiger partial charge in [0.2, 0.25) is 5.89 Å². The van der Waals surface area contributed by atoms with Crippen LogP contribution in [0.5, 0.6) is 0 Å². The molecule has 0 spiro atoms. The fourth-order valence-electron chi connectivity index (χ4n) is 3.14. The van der Waals surface area contributed by atoms with Crippen molar-refractivity contribution < 1.29 is 18.6 Å². The Morgan fingerprint density at radius 3 is 2.50 bits per heavy atom. The Morgan fingerprint density at radius 2 is 1.83 bits per heavy atom. The number of carbonyl (C=O) groups excluding carboxylic acids is 1. The van der Waals surface area contributed by atoms with Gasteiger partial charge < -0.3 is 24.0 Å². The number of nitrogens with zero attached hydrogens (tertiary/aromatic N) is 4. The summed E-state index contributed by atoms with van der Waals surface area (Å²) in [5.74, 6) is 1.56. The summed E-state index contributed by atoms with van der Waals surface area (Å²) < 4.78 is 16.3. The van der Waals surface area contributed by atoms with E-state index in [2.05, 4.69) is 20.6 Å². The van der Waals surface area contributed by atoms with Crippen molar-refractivity contribution in [3.8, 4) is 11.3 Å². The maximum Gasteiger partial charge on any atom is 0.259 e. The first-order chi connectivity index (χ1) is 14.4. The molecule has 0 unspecified atom stereocenters. The summed E-state index contributed by atoms with van der Waals surface area (Å²) in [5.41, 5.74) is 0.936. The third-order valence-electron chi connectivity index (χ3n) is 4.79. The van der Waals surface area contributed by atoms with Crippen molar-refractivity contribution in [1.82, 2.24) is 20.6 Å². The monoisotopic (exact) mass is 411 g/mol. The lowest BCUT2D eigenvalue weighted by molar-refractivity contribution is 0.0945. The number of aromatic nitrogens is 3. The van der Waals surface area contributed by atoms with Crippen LogP contribution < -0.4 is 10.2 Å². The number of anilines is 1. The van der Waals surface area contributed by atoms with Gasteiger partial charge in [0.05, 0.1) is 19.8 Å². The number of morpholine rings is 1. The topological polar surface area (TPSA) is 107 Å². The van der Waals surface area contributed by atoms with Crippen LogP contribution in [0.4, 0.5) is 5.82 Å². The standard InChI is InChI=1S/C21H25N5O4/c1-21(2,3)20-23-15(29-25-20)13-22-19(27)16-17(14-7-5-4-6-8-14)30-24-18(16)26-9-11-28-12-10-26/h4-8H,9-13H2,1-3H3,(H,22,27). The molecule has 2 aromatic heterocycles. The van der Waals surface area contributed by atoms with Crippen LogP contribution in [0.2, 0.25) is 0 Å². The smallest absolute Gasteiger partial charge is 0.259 e. The molecule has 0 atom stereocenters. The zero-order chi connectivity index (χ0) is 21.1. The fraction of sp³-hybridized carbons (Fsp3) is 0.429. The third-order valence-corrected chi connectivity index (χ3v) is 4.79. The number of amides is 1. The van der Waals surface area contributed by atoms with Crippen LogP contribution in [0.3, 0.4) is 0 Å². The average Bonchev–Trinajstić information content (AvgIpc) is 3.41. The number of carbonyl (C=O) groups is 1. The van der Waals surface area contributed by atoms with E-state index in [1.807, 2.05) is 56.0 Å². The Hall–Kier alpha value is -3.20. The summed E-state index contributed by atoms with van der Waals surface area (Å²) in [7, 11) is 0. The van der Waals surface area contributed by atoms with E-state index in [0.29, 0.717) is 55.2 Å². The van der Waals surface area contributed by atoms with E-state index in [1.54, 1.807) is 0 Å². The first-order valence-corrected chi connectivity index (χ1v) is 9.92. The molecule has 4 rings (SSSR count). The van der Waals surface area contributed by atoms with Crippen LogP contribution >= 0.6 is 0 Å². The highest BCUT2D eigenvalue weighted by atomic mass is 16.5. The highest BCUT2D eigenvalue weighted by Crippen LogP contribution is 2.31. The molecule has 3 aromatic rings. The third kappa shape index (κ3) is 4.20. The van der Waals surface area contributed by atoms with Gasteiger partial charge in [0.15, 0.2) is 17.4 Å². The van der Waals surface area contributed by atoms with Gasteiger partial charge >= 0.3 is 0 Å². The Balaban J connectivity index is 1.59. The minimum Gasteiger partial charge on any atom is -0.378 e. The molecule has 9 heteroatoms. The minimum absolute atomic E-state index is 0.115.